The van der Waals surface area contributed by atoms with E-state index < -0.39 is 0 Å². The molecule has 4 aromatic rings. The predicted octanol–water partition coefficient (Wildman–Crippen LogP) is 3.85. The van der Waals surface area contributed by atoms with Crippen LogP contribution in [-0.2, 0) is 12.3 Å². The van der Waals surface area contributed by atoms with E-state index in [0.717, 1.165) is 21.9 Å². The van der Waals surface area contributed by atoms with Gasteiger partial charge in [-0.05, 0) is 31.2 Å². The Morgan fingerprint density at radius 3 is 2.89 bits per heavy atom. The van der Waals surface area contributed by atoms with Crippen molar-refractivity contribution in [1.82, 2.24) is 19.9 Å². The van der Waals surface area contributed by atoms with Crippen LogP contribution in [0.5, 0.6) is 0 Å². The molecule has 0 spiro atoms. The van der Waals surface area contributed by atoms with Crippen LogP contribution in [0.15, 0.2) is 70.3 Å². The Bertz CT molecular complexity index is 1050. The van der Waals surface area contributed by atoms with Crippen LogP contribution in [0, 0.1) is 6.92 Å². The second-order valence-electron chi connectivity index (χ2n) is 6.10. The summed E-state index contributed by atoms with van der Waals surface area (Å²) < 4.78 is 7.13. The number of thioether (sulfide) groups is 1. The Labute approximate surface area is 160 Å². The SMILES string of the molecule is Cc1cc(CNC(=O)c2ccccc2SCc2cn3ccccc3n2)on1. The van der Waals surface area contributed by atoms with Gasteiger partial charge in [0.25, 0.3) is 5.91 Å². The summed E-state index contributed by atoms with van der Waals surface area (Å²) in [5.41, 5.74) is 3.32. The van der Waals surface area contributed by atoms with E-state index in [1.807, 2.05) is 72.2 Å². The number of nitrogens with zero attached hydrogens (tertiary/aromatic N) is 3. The van der Waals surface area contributed by atoms with Gasteiger partial charge in [-0.1, -0.05) is 23.4 Å². The molecule has 27 heavy (non-hydrogen) atoms. The molecule has 0 saturated carbocycles. The number of pyridine rings is 1. The van der Waals surface area contributed by atoms with Crippen LogP contribution in [0.3, 0.4) is 0 Å². The highest BCUT2D eigenvalue weighted by molar-refractivity contribution is 7.98. The van der Waals surface area contributed by atoms with E-state index in [9.17, 15) is 4.79 Å². The summed E-state index contributed by atoms with van der Waals surface area (Å²) >= 11 is 1.60. The molecule has 0 unspecified atom stereocenters. The molecule has 7 heteroatoms. The van der Waals surface area contributed by atoms with E-state index in [-0.39, 0.29) is 5.91 Å². The monoisotopic (exact) mass is 378 g/mol. The van der Waals surface area contributed by atoms with Crippen LogP contribution in [0.25, 0.3) is 5.65 Å². The zero-order valence-electron chi connectivity index (χ0n) is 14.8. The number of nitrogens with one attached hydrogen (secondary N) is 1. The first-order valence-electron chi connectivity index (χ1n) is 8.54. The Balaban J connectivity index is 1.44. The third-order valence-electron chi connectivity index (χ3n) is 4.02. The van der Waals surface area contributed by atoms with Gasteiger partial charge in [-0.3, -0.25) is 4.79 Å². The van der Waals surface area contributed by atoms with Crippen LogP contribution in [-0.4, -0.2) is 20.4 Å². The first kappa shape index (κ1) is 17.4. The van der Waals surface area contributed by atoms with Gasteiger partial charge >= 0.3 is 0 Å². The molecule has 0 bridgehead atoms. The van der Waals surface area contributed by atoms with E-state index in [4.69, 9.17) is 4.52 Å². The van der Waals surface area contributed by atoms with Crippen molar-refractivity contribution >= 4 is 23.3 Å². The van der Waals surface area contributed by atoms with Gasteiger partial charge in [0.2, 0.25) is 0 Å². The fourth-order valence-electron chi connectivity index (χ4n) is 2.75. The van der Waals surface area contributed by atoms with Gasteiger partial charge in [0.15, 0.2) is 5.76 Å². The smallest absolute Gasteiger partial charge is 0.252 e. The van der Waals surface area contributed by atoms with Gasteiger partial charge in [-0.15, -0.1) is 11.8 Å². The number of hydrogen-bond donors (Lipinski definition) is 1. The summed E-state index contributed by atoms with van der Waals surface area (Å²) in [6.45, 7) is 2.16. The number of benzene rings is 1. The van der Waals surface area contributed by atoms with Crippen molar-refractivity contribution in [3.05, 3.63) is 83.6 Å². The number of imidazole rings is 1. The molecule has 3 heterocycles. The number of hydrogen-bond acceptors (Lipinski definition) is 5. The molecule has 3 aromatic heterocycles. The Hall–Kier alpha value is -3.06. The molecule has 4 rings (SSSR count). The van der Waals surface area contributed by atoms with E-state index >= 15 is 0 Å². The lowest BCUT2D eigenvalue weighted by Crippen LogP contribution is -2.23. The van der Waals surface area contributed by atoms with Gasteiger partial charge in [-0.25, -0.2) is 4.98 Å². The van der Waals surface area contributed by atoms with Gasteiger partial charge in [0.05, 0.1) is 23.5 Å². The van der Waals surface area contributed by atoms with Crippen LogP contribution >= 0.6 is 11.8 Å². The fraction of sp³-hybridized carbons (Fsp3) is 0.150. The van der Waals surface area contributed by atoms with E-state index in [0.29, 0.717) is 23.6 Å². The number of fused-ring (bicyclic) bond motifs is 1. The normalized spacial score (nSPS) is 11.0. The molecular formula is C20H18N4O2S. The molecule has 1 N–H and O–H groups in total. The van der Waals surface area contributed by atoms with E-state index in [1.54, 1.807) is 11.8 Å². The average Bonchev–Trinajstić information content (AvgIpc) is 3.30. The summed E-state index contributed by atoms with van der Waals surface area (Å²) in [5.74, 6) is 1.19. The minimum absolute atomic E-state index is 0.137. The first-order chi connectivity index (χ1) is 13.2. The lowest BCUT2D eigenvalue weighted by molar-refractivity contribution is 0.0944. The molecule has 0 saturated heterocycles. The fourth-order valence-corrected chi connectivity index (χ4v) is 3.68. The maximum Gasteiger partial charge on any atom is 0.252 e. The third-order valence-corrected chi connectivity index (χ3v) is 5.13. The van der Waals surface area contributed by atoms with E-state index in [1.165, 1.54) is 0 Å². The minimum Gasteiger partial charge on any atom is -0.359 e. The Morgan fingerprint density at radius 1 is 1.22 bits per heavy atom. The number of aromatic nitrogens is 3. The molecular weight excluding hydrogens is 360 g/mol. The maximum atomic E-state index is 12.6. The minimum atomic E-state index is -0.137. The average molecular weight is 378 g/mol. The van der Waals surface area contributed by atoms with Crippen LogP contribution in [0.2, 0.25) is 0 Å². The zero-order valence-corrected chi connectivity index (χ0v) is 15.6. The summed E-state index contributed by atoms with van der Waals surface area (Å²) in [4.78, 5) is 18.1. The van der Waals surface area contributed by atoms with Crippen molar-refractivity contribution in [3.63, 3.8) is 0 Å². The standard InChI is InChI=1S/C20H18N4O2S/c1-14-10-16(26-23-14)11-21-20(25)17-6-2-3-7-18(17)27-13-15-12-24-9-5-4-8-19(24)22-15/h2-10,12H,11,13H2,1H3,(H,21,25). The number of amides is 1. The van der Waals surface area contributed by atoms with Gasteiger partial charge < -0.3 is 14.2 Å². The third kappa shape index (κ3) is 4.03. The number of carbonyl (C=O) groups is 1. The van der Waals surface area contributed by atoms with Gasteiger partial charge in [-0.2, -0.15) is 0 Å². The molecule has 0 fully saturated rings. The number of rotatable bonds is 6. The highest BCUT2D eigenvalue weighted by Crippen LogP contribution is 2.26. The van der Waals surface area contributed by atoms with Crippen molar-refractivity contribution < 1.29 is 9.32 Å². The van der Waals surface area contributed by atoms with Crippen molar-refractivity contribution in [2.45, 2.75) is 24.1 Å². The van der Waals surface area contributed by atoms with Crippen molar-refractivity contribution in [3.8, 4) is 0 Å². The molecule has 0 aliphatic carbocycles. The number of carbonyl (C=O) groups excluding carboxylic acids is 1. The molecule has 6 nitrogen and oxygen atoms in total. The molecule has 0 radical (unpaired) electrons. The molecule has 1 aromatic carbocycles. The second kappa shape index (κ2) is 7.67. The lowest BCUT2D eigenvalue weighted by atomic mass is 10.2. The quantitative estimate of drug-likeness (QED) is 0.516. The first-order valence-corrected chi connectivity index (χ1v) is 9.52. The van der Waals surface area contributed by atoms with Crippen LogP contribution in [0.4, 0.5) is 0 Å². The Morgan fingerprint density at radius 2 is 2.07 bits per heavy atom. The molecule has 0 aliphatic heterocycles. The Kier molecular flexibility index (Phi) is 4.93. The summed E-state index contributed by atoms with van der Waals surface area (Å²) in [6, 6.07) is 15.3. The molecule has 1 amide bonds. The van der Waals surface area contributed by atoms with Crippen molar-refractivity contribution in [2.75, 3.05) is 0 Å². The maximum absolute atomic E-state index is 12.6. The largest absolute Gasteiger partial charge is 0.359 e. The van der Waals surface area contributed by atoms with Crippen LogP contribution in [0.1, 0.15) is 27.5 Å². The van der Waals surface area contributed by atoms with E-state index in [2.05, 4.69) is 15.5 Å². The lowest BCUT2D eigenvalue weighted by Gasteiger charge is -2.08. The van der Waals surface area contributed by atoms with Crippen molar-refractivity contribution in [2.24, 2.45) is 0 Å². The molecule has 0 aliphatic rings. The summed E-state index contributed by atoms with van der Waals surface area (Å²) in [6.07, 6.45) is 3.99. The van der Waals surface area contributed by atoms with Crippen LogP contribution < -0.4 is 5.32 Å². The molecule has 0 atom stereocenters. The summed E-state index contributed by atoms with van der Waals surface area (Å²) in [5, 5.41) is 6.71. The van der Waals surface area contributed by atoms with Gasteiger partial charge in [0, 0.05) is 29.1 Å². The van der Waals surface area contributed by atoms with Crippen molar-refractivity contribution in [1.29, 1.82) is 0 Å². The highest BCUT2D eigenvalue weighted by Gasteiger charge is 2.13. The molecule has 136 valence electrons. The van der Waals surface area contributed by atoms with Gasteiger partial charge in [0.1, 0.15) is 5.65 Å². The predicted molar refractivity (Wildman–Crippen MR) is 104 cm³/mol. The zero-order chi connectivity index (χ0) is 18.6. The highest BCUT2D eigenvalue weighted by atomic mass is 32.2. The summed E-state index contributed by atoms with van der Waals surface area (Å²) in [7, 11) is 0. The number of aryl methyl sites for hydroxylation is 1. The topological polar surface area (TPSA) is 72.4 Å². The second-order valence-corrected chi connectivity index (χ2v) is 7.12.